The van der Waals surface area contributed by atoms with E-state index in [-0.39, 0.29) is 23.5 Å². The van der Waals surface area contributed by atoms with Crippen molar-refractivity contribution in [2.24, 2.45) is 0 Å². The highest BCUT2D eigenvalue weighted by molar-refractivity contribution is 5.97. The van der Waals surface area contributed by atoms with Crippen LogP contribution >= 0.6 is 0 Å². The normalized spacial score (nSPS) is 12.0. The van der Waals surface area contributed by atoms with Crippen molar-refractivity contribution in [3.8, 4) is 0 Å². The highest BCUT2D eigenvalue weighted by atomic mass is 16.4. The molecule has 2 amide bonds. The second-order valence-corrected chi connectivity index (χ2v) is 6.93. The molecule has 0 saturated carbocycles. The van der Waals surface area contributed by atoms with Gasteiger partial charge in [-0.1, -0.05) is 6.92 Å². The van der Waals surface area contributed by atoms with E-state index < -0.39 is 0 Å². The van der Waals surface area contributed by atoms with Gasteiger partial charge < -0.3 is 20.4 Å². The second kappa shape index (κ2) is 10.6. The van der Waals surface area contributed by atoms with Crippen LogP contribution in [-0.4, -0.2) is 30.9 Å². The number of hydrogen-bond donors (Lipinski definition) is 3. The fourth-order valence-corrected chi connectivity index (χ4v) is 3.01. The summed E-state index contributed by atoms with van der Waals surface area (Å²) in [5.74, 6) is -0.136. The molecule has 0 aliphatic rings. The van der Waals surface area contributed by atoms with Gasteiger partial charge in [0.25, 0.3) is 0 Å². The number of unbranched alkanes of at least 4 members (excludes halogenated alkanes) is 1. The van der Waals surface area contributed by atoms with Crippen molar-refractivity contribution in [3.05, 3.63) is 40.2 Å². The molecule has 1 unspecified atom stereocenters. The van der Waals surface area contributed by atoms with Crippen LogP contribution in [0.5, 0.6) is 0 Å². The highest BCUT2D eigenvalue weighted by Gasteiger charge is 2.17. The standard InChI is InChI=1S/C21H29N3O4/c1-4-10-23-18(7-5-6-11-22-15(3)25)21(27)24-16-8-9-19-17(13-16)14(2)12-20(26)28-19/h8-9,12-13,18,23H,4-7,10-11H2,1-3H3,(H,22,25)(H,24,27). The van der Waals surface area contributed by atoms with E-state index in [9.17, 15) is 14.4 Å². The Bertz CT molecular complexity index is 876. The summed E-state index contributed by atoms with van der Waals surface area (Å²) in [5, 5.41) is 9.80. The molecule has 2 aromatic rings. The quantitative estimate of drug-likeness (QED) is 0.430. The van der Waals surface area contributed by atoms with Crippen molar-refractivity contribution in [3.63, 3.8) is 0 Å². The van der Waals surface area contributed by atoms with Crippen molar-refractivity contribution in [2.75, 3.05) is 18.4 Å². The molecule has 7 nitrogen and oxygen atoms in total. The lowest BCUT2D eigenvalue weighted by molar-refractivity contribution is -0.119. The summed E-state index contributed by atoms with van der Waals surface area (Å²) in [6, 6.07) is 6.38. The molecule has 0 aliphatic carbocycles. The molecule has 2 rings (SSSR count). The first kappa shape index (κ1) is 21.6. The Morgan fingerprint density at radius 1 is 1.14 bits per heavy atom. The summed E-state index contributed by atoms with van der Waals surface area (Å²) in [4.78, 5) is 35.1. The summed E-state index contributed by atoms with van der Waals surface area (Å²) in [5.41, 5.74) is 1.59. The van der Waals surface area contributed by atoms with Gasteiger partial charge in [-0.15, -0.1) is 0 Å². The average molecular weight is 387 g/mol. The third kappa shape index (κ3) is 6.49. The molecule has 7 heteroatoms. The zero-order valence-electron chi connectivity index (χ0n) is 16.8. The molecule has 1 aromatic carbocycles. The number of fused-ring (bicyclic) bond motifs is 1. The highest BCUT2D eigenvalue weighted by Crippen LogP contribution is 2.21. The molecule has 0 spiro atoms. The minimum Gasteiger partial charge on any atom is -0.423 e. The Morgan fingerprint density at radius 2 is 1.93 bits per heavy atom. The fraction of sp³-hybridized carbons (Fsp3) is 0.476. The largest absolute Gasteiger partial charge is 0.423 e. The van der Waals surface area contributed by atoms with Gasteiger partial charge in [0.1, 0.15) is 5.58 Å². The van der Waals surface area contributed by atoms with Crippen LogP contribution < -0.4 is 21.6 Å². The van der Waals surface area contributed by atoms with E-state index in [2.05, 4.69) is 22.9 Å². The van der Waals surface area contributed by atoms with Crippen LogP contribution in [0.3, 0.4) is 0 Å². The van der Waals surface area contributed by atoms with Gasteiger partial charge in [-0.3, -0.25) is 9.59 Å². The van der Waals surface area contributed by atoms with Crippen LogP contribution in [0.15, 0.2) is 33.5 Å². The van der Waals surface area contributed by atoms with Gasteiger partial charge >= 0.3 is 5.63 Å². The molecule has 1 aromatic heterocycles. The van der Waals surface area contributed by atoms with Crippen molar-refractivity contribution in [1.82, 2.24) is 10.6 Å². The van der Waals surface area contributed by atoms with E-state index in [1.165, 1.54) is 13.0 Å². The number of aryl methyl sites for hydroxylation is 1. The minimum absolute atomic E-state index is 0.0409. The van der Waals surface area contributed by atoms with E-state index in [4.69, 9.17) is 4.42 Å². The molecule has 3 N–H and O–H groups in total. The number of benzene rings is 1. The Morgan fingerprint density at radius 3 is 2.64 bits per heavy atom. The van der Waals surface area contributed by atoms with Crippen molar-refractivity contribution < 1.29 is 14.0 Å². The van der Waals surface area contributed by atoms with Crippen molar-refractivity contribution in [2.45, 2.75) is 52.5 Å². The predicted molar refractivity (Wildman–Crippen MR) is 110 cm³/mol. The number of hydrogen-bond acceptors (Lipinski definition) is 5. The third-order valence-electron chi connectivity index (χ3n) is 4.47. The van der Waals surface area contributed by atoms with Crippen LogP contribution in [-0.2, 0) is 9.59 Å². The first-order chi connectivity index (χ1) is 13.4. The average Bonchev–Trinajstić information content (AvgIpc) is 2.64. The van der Waals surface area contributed by atoms with Crippen LogP contribution in [0.25, 0.3) is 11.0 Å². The summed E-state index contributed by atoms with van der Waals surface area (Å²) in [6.45, 7) is 6.76. The van der Waals surface area contributed by atoms with E-state index in [1.54, 1.807) is 12.1 Å². The Kier molecular flexibility index (Phi) is 8.19. The first-order valence-electron chi connectivity index (χ1n) is 9.74. The zero-order chi connectivity index (χ0) is 20.5. The lowest BCUT2D eigenvalue weighted by atomic mass is 10.1. The zero-order valence-corrected chi connectivity index (χ0v) is 16.8. The fourth-order valence-electron chi connectivity index (χ4n) is 3.01. The number of amides is 2. The molecule has 152 valence electrons. The van der Waals surface area contributed by atoms with Crippen LogP contribution in [0, 0.1) is 6.92 Å². The van der Waals surface area contributed by atoms with Crippen LogP contribution in [0.1, 0.15) is 45.1 Å². The maximum absolute atomic E-state index is 12.7. The third-order valence-corrected chi connectivity index (χ3v) is 4.47. The van der Waals surface area contributed by atoms with Gasteiger partial charge in [-0.2, -0.15) is 0 Å². The topological polar surface area (TPSA) is 100 Å². The SMILES string of the molecule is CCCNC(CCCCNC(C)=O)C(=O)Nc1ccc2oc(=O)cc(C)c2c1. The number of carbonyl (C=O) groups is 2. The summed E-state index contributed by atoms with van der Waals surface area (Å²) in [6.07, 6.45) is 3.28. The maximum Gasteiger partial charge on any atom is 0.336 e. The van der Waals surface area contributed by atoms with E-state index in [1.807, 2.05) is 13.0 Å². The van der Waals surface area contributed by atoms with Gasteiger partial charge in [0.2, 0.25) is 11.8 Å². The van der Waals surface area contributed by atoms with Crippen LogP contribution in [0.2, 0.25) is 0 Å². The van der Waals surface area contributed by atoms with Crippen LogP contribution in [0.4, 0.5) is 5.69 Å². The van der Waals surface area contributed by atoms with Crippen molar-refractivity contribution >= 4 is 28.5 Å². The molecule has 0 saturated heterocycles. The molecule has 0 fully saturated rings. The maximum atomic E-state index is 12.7. The molecule has 28 heavy (non-hydrogen) atoms. The monoisotopic (exact) mass is 387 g/mol. The molecule has 1 heterocycles. The molecule has 1 atom stereocenters. The molecule has 0 radical (unpaired) electrons. The van der Waals surface area contributed by atoms with Gasteiger partial charge in [0.05, 0.1) is 6.04 Å². The number of carbonyl (C=O) groups excluding carboxylic acids is 2. The summed E-state index contributed by atoms with van der Waals surface area (Å²) in [7, 11) is 0. The van der Waals surface area contributed by atoms with Gasteiger partial charge in [-0.25, -0.2) is 4.79 Å². The molecular formula is C21H29N3O4. The van der Waals surface area contributed by atoms with E-state index >= 15 is 0 Å². The number of anilines is 1. The Hall–Kier alpha value is -2.67. The van der Waals surface area contributed by atoms with Gasteiger partial charge in [0, 0.05) is 30.6 Å². The molecule has 0 aliphatic heterocycles. The molecular weight excluding hydrogens is 358 g/mol. The summed E-state index contributed by atoms with van der Waals surface area (Å²) >= 11 is 0. The Balaban J connectivity index is 2.02. The number of nitrogens with one attached hydrogen (secondary N) is 3. The lowest BCUT2D eigenvalue weighted by Gasteiger charge is -2.18. The molecule has 0 bridgehead atoms. The summed E-state index contributed by atoms with van der Waals surface area (Å²) < 4.78 is 5.19. The number of rotatable bonds is 10. The predicted octanol–water partition coefficient (Wildman–Crippen LogP) is 2.71. The van der Waals surface area contributed by atoms with Gasteiger partial charge in [-0.05, 0) is 62.9 Å². The van der Waals surface area contributed by atoms with Crippen molar-refractivity contribution in [1.29, 1.82) is 0 Å². The minimum atomic E-state index is -0.384. The smallest absolute Gasteiger partial charge is 0.336 e. The second-order valence-electron chi connectivity index (χ2n) is 6.93. The van der Waals surface area contributed by atoms with Gasteiger partial charge in [0.15, 0.2) is 0 Å². The first-order valence-corrected chi connectivity index (χ1v) is 9.74. The van der Waals surface area contributed by atoms with E-state index in [0.29, 0.717) is 24.2 Å². The lowest BCUT2D eigenvalue weighted by Crippen LogP contribution is -2.41. The Labute approximate surface area is 164 Å². The van der Waals surface area contributed by atoms with E-state index in [0.717, 1.165) is 36.8 Å².